The van der Waals surface area contributed by atoms with E-state index in [9.17, 15) is 0 Å². The molecule has 0 saturated carbocycles. The van der Waals surface area contributed by atoms with Crippen LogP contribution < -0.4 is 49.6 Å². The van der Waals surface area contributed by atoms with Gasteiger partial charge < -0.3 is 49.6 Å². The smallest absolute Gasteiger partial charge is 1.00 e. The zero-order valence-corrected chi connectivity index (χ0v) is 45.7. The molecule has 77 heavy (non-hydrogen) atoms. The third-order valence-electron chi connectivity index (χ3n) is 9.55. The van der Waals surface area contributed by atoms with E-state index in [2.05, 4.69) is 59.8 Å². The minimum Gasteiger partial charge on any atom is -1.00 e. The fourth-order valence-corrected chi connectivity index (χ4v) is 6.17. The Kier molecular flexibility index (Phi) is 32.8. The maximum Gasteiger partial charge on any atom is 4.00 e. The van der Waals surface area contributed by atoms with Crippen molar-refractivity contribution in [2.75, 3.05) is 0 Å². The Balaban J connectivity index is 0.000000312. The molecule has 0 fully saturated rings. The van der Waals surface area contributed by atoms with Crippen molar-refractivity contribution >= 4 is 0 Å². The van der Waals surface area contributed by atoms with Crippen LogP contribution in [0.3, 0.4) is 0 Å². The van der Waals surface area contributed by atoms with Gasteiger partial charge in [0.1, 0.15) is 0 Å². The SMILES string of the molecule is [Cl-].[Cl-].[Cl-].[Cl-].[Ru+4].c1ccc(-c2ccccn2)nc1.c1ccc(-c2ccccn2)nc1.c1ccc(-c2ccccn2)nc1.c1ccc(-c2ccccn2)nc1.c1ccc(-c2ccccn2)nc1.c1ccc(-c2ccccn2)nc1. The number of pyridine rings is 12. The summed E-state index contributed by atoms with van der Waals surface area (Å²) in [6.07, 6.45) is 21.2. The number of rotatable bonds is 6. The number of halogens is 4. The standard InChI is InChI=1S/6C10H8N2.4ClH.Ru/c6*1-3-7-11-9(5-1)10-6-2-4-8-12-10;;;;;/h6*1-8H;4*1H;/q;;;;;;;;;;+4/p-4. The summed E-state index contributed by atoms with van der Waals surface area (Å²) >= 11 is 0. The van der Waals surface area contributed by atoms with E-state index in [4.69, 9.17) is 0 Å². The Bertz CT molecular complexity index is 2440. The van der Waals surface area contributed by atoms with Crippen LogP contribution >= 0.6 is 0 Å². The fourth-order valence-electron chi connectivity index (χ4n) is 6.17. The zero-order valence-electron chi connectivity index (χ0n) is 40.9. The quantitative estimate of drug-likeness (QED) is 0.217. The van der Waals surface area contributed by atoms with Gasteiger partial charge in [-0.1, -0.05) is 72.8 Å². The first-order valence-corrected chi connectivity index (χ1v) is 22.7. The molecule has 0 saturated heterocycles. The Labute approximate surface area is 486 Å². The van der Waals surface area contributed by atoms with Crippen molar-refractivity contribution in [2.24, 2.45) is 0 Å². The summed E-state index contributed by atoms with van der Waals surface area (Å²) in [5.74, 6) is 0. The molecule has 0 spiro atoms. The van der Waals surface area contributed by atoms with Gasteiger partial charge in [0.25, 0.3) is 0 Å². The van der Waals surface area contributed by atoms with Gasteiger partial charge in [0.2, 0.25) is 0 Å². The van der Waals surface area contributed by atoms with Crippen LogP contribution in [0.15, 0.2) is 293 Å². The first-order valence-electron chi connectivity index (χ1n) is 22.7. The topological polar surface area (TPSA) is 155 Å². The van der Waals surface area contributed by atoms with Gasteiger partial charge in [0.05, 0.1) is 68.3 Å². The van der Waals surface area contributed by atoms with Crippen LogP contribution in [0.25, 0.3) is 68.3 Å². The molecule has 0 aliphatic heterocycles. The normalized spacial score (nSPS) is 9.04. The Morgan fingerprint density at radius 1 is 0.130 bits per heavy atom. The average molecular weight is 1180 g/mol. The average Bonchev–Trinajstić information content (AvgIpc) is 3.51. The molecule has 12 rings (SSSR count). The summed E-state index contributed by atoms with van der Waals surface area (Å²) < 4.78 is 0. The van der Waals surface area contributed by atoms with E-state index in [0.29, 0.717) is 0 Å². The molecular weight excluding hydrogens is 1130 g/mol. The molecule has 0 amide bonds. The second-order valence-corrected chi connectivity index (χ2v) is 14.6. The van der Waals surface area contributed by atoms with Gasteiger partial charge in [0, 0.05) is 74.4 Å². The molecule has 0 aromatic carbocycles. The number of aromatic nitrogens is 12. The van der Waals surface area contributed by atoms with Gasteiger partial charge in [-0.05, 0) is 146 Å². The van der Waals surface area contributed by atoms with Crippen molar-refractivity contribution in [1.29, 1.82) is 0 Å². The van der Waals surface area contributed by atoms with Crippen LogP contribution in [0.2, 0.25) is 0 Å². The van der Waals surface area contributed by atoms with Crippen molar-refractivity contribution in [1.82, 2.24) is 59.8 Å². The second kappa shape index (κ2) is 39.1. The minimum atomic E-state index is 0. The predicted molar refractivity (Wildman–Crippen MR) is 285 cm³/mol. The van der Waals surface area contributed by atoms with Crippen molar-refractivity contribution in [2.45, 2.75) is 0 Å². The van der Waals surface area contributed by atoms with Crippen LogP contribution in [-0.2, 0) is 19.5 Å². The maximum absolute atomic E-state index is 4.19. The van der Waals surface area contributed by atoms with Crippen molar-refractivity contribution < 1.29 is 69.1 Å². The fraction of sp³-hybridized carbons (Fsp3) is 0. The summed E-state index contributed by atoms with van der Waals surface area (Å²) in [5, 5.41) is 0. The van der Waals surface area contributed by atoms with Crippen LogP contribution in [0.5, 0.6) is 0 Å². The molecule has 0 bridgehead atoms. The van der Waals surface area contributed by atoms with E-state index < -0.39 is 0 Å². The Morgan fingerprint density at radius 2 is 0.208 bits per heavy atom. The van der Waals surface area contributed by atoms with Gasteiger partial charge >= 0.3 is 19.5 Å². The van der Waals surface area contributed by atoms with Crippen LogP contribution in [-0.4, -0.2) is 59.8 Å². The van der Waals surface area contributed by atoms with E-state index >= 15 is 0 Å². The first-order chi connectivity index (χ1) is 35.8. The van der Waals surface area contributed by atoms with Crippen LogP contribution in [0, 0.1) is 0 Å². The predicted octanol–water partition coefficient (Wildman–Crippen LogP) is 0.875. The molecule has 384 valence electrons. The third kappa shape index (κ3) is 23.3. The summed E-state index contributed by atoms with van der Waals surface area (Å²) in [5.41, 5.74) is 11.0. The molecule has 12 aromatic rings. The monoisotopic (exact) mass is 1180 g/mol. The number of nitrogens with zero attached hydrogens (tertiary/aromatic N) is 12. The van der Waals surface area contributed by atoms with E-state index in [1.807, 2.05) is 218 Å². The minimum absolute atomic E-state index is 0. The Morgan fingerprint density at radius 3 is 0.260 bits per heavy atom. The van der Waals surface area contributed by atoms with Crippen molar-refractivity contribution in [3.63, 3.8) is 0 Å². The van der Waals surface area contributed by atoms with Gasteiger partial charge in [-0.3, -0.25) is 59.8 Å². The summed E-state index contributed by atoms with van der Waals surface area (Å²) in [6.45, 7) is 0. The largest absolute Gasteiger partial charge is 4.00 e. The summed E-state index contributed by atoms with van der Waals surface area (Å²) in [6, 6.07) is 69.6. The van der Waals surface area contributed by atoms with Gasteiger partial charge in [-0.25, -0.2) is 0 Å². The molecule has 0 unspecified atom stereocenters. The van der Waals surface area contributed by atoms with Crippen LogP contribution in [0.1, 0.15) is 0 Å². The molecule has 12 nitrogen and oxygen atoms in total. The molecular formula is C60H48Cl4N12Ru. The molecule has 0 atom stereocenters. The molecule has 12 aromatic heterocycles. The second-order valence-electron chi connectivity index (χ2n) is 14.6. The molecule has 0 N–H and O–H groups in total. The first kappa shape index (κ1) is 64.7. The zero-order chi connectivity index (χ0) is 49.4. The summed E-state index contributed by atoms with van der Waals surface area (Å²) in [4.78, 5) is 50.2. The van der Waals surface area contributed by atoms with E-state index in [-0.39, 0.29) is 69.1 Å². The number of hydrogen-bond donors (Lipinski definition) is 0. The molecule has 0 aliphatic carbocycles. The van der Waals surface area contributed by atoms with Gasteiger partial charge in [-0.15, -0.1) is 0 Å². The molecule has 12 heterocycles. The van der Waals surface area contributed by atoms with Gasteiger partial charge in [-0.2, -0.15) is 0 Å². The van der Waals surface area contributed by atoms with E-state index in [0.717, 1.165) is 68.3 Å². The van der Waals surface area contributed by atoms with Crippen LogP contribution in [0.4, 0.5) is 0 Å². The number of hydrogen-bond acceptors (Lipinski definition) is 12. The molecule has 0 aliphatic rings. The summed E-state index contributed by atoms with van der Waals surface area (Å²) in [7, 11) is 0. The van der Waals surface area contributed by atoms with Crippen molar-refractivity contribution in [3.8, 4) is 68.3 Å². The molecule has 17 heteroatoms. The van der Waals surface area contributed by atoms with Gasteiger partial charge in [0.15, 0.2) is 0 Å². The van der Waals surface area contributed by atoms with E-state index in [1.54, 1.807) is 74.4 Å². The Hall–Kier alpha value is -8.42. The van der Waals surface area contributed by atoms with Crippen molar-refractivity contribution in [3.05, 3.63) is 293 Å². The third-order valence-corrected chi connectivity index (χ3v) is 9.55. The maximum atomic E-state index is 4.19. The molecule has 0 radical (unpaired) electrons. The van der Waals surface area contributed by atoms with E-state index in [1.165, 1.54) is 0 Å².